The zero-order chi connectivity index (χ0) is 20.4. The number of benzene rings is 1. The molecule has 1 aliphatic heterocycles. The molecular weight excluding hydrogens is 427 g/mol. The molecule has 0 saturated carbocycles. The lowest BCUT2D eigenvalue weighted by Gasteiger charge is -2.32. The van der Waals surface area contributed by atoms with Gasteiger partial charge >= 0.3 is 0 Å². The number of anilines is 1. The summed E-state index contributed by atoms with van der Waals surface area (Å²) in [6.07, 6.45) is 8.66. The normalized spacial score (nSPS) is 16.0. The van der Waals surface area contributed by atoms with Crippen molar-refractivity contribution < 1.29 is 4.21 Å². The van der Waals surface area contributed by atoms with E-state index in [0.717, 1.165) is 48.6 Å². The van der Waals surface area contributed by atoms with Crippen LogP contribution in [-0.4, -0.2) is 43.8 Å². The minimum absolute atomic E-state index is 0.252. The number of aromatic nitrogens is 3. The largest absolute Gasteiger partial charge is 0.355 e. The number of pyridine rings is 1. The van der Waals surface area contributed by atoms with Crippen LogP contribution in [0.3, 0.4) is 0 Å². The predicted molar refractivity (Wildman–Crippen MR) is 120 cm³/mol. The van der Waals surface area contributed by atoms with Gasteiger partial charge in [0, 0.05) is 63.9 Å². The van der Waals surface area contributed by atoms with E-state index in [2.05, 4.69) is 9.88 Å². The lowest BCUT2D eigenvalue weighted by atomic mass is 10.0. The summed E-state index contributed by atoms with van der Waals surface area (Å²) in [5.41, 5.74) is 3.14. The summed E-state index contributed by atoms with van der Waals surface area (Å²) in [7, 11) is -0.789. The van der Waals surface area contributed by atoms with Gasteiger partial charge in [0.2, 0.25) is 0 Å². The van der Waals surface area contributed by atoms with Crippen molar-refractivity contribution in [1.82, 2.24) is 15.0 Å². The topological polar surface area (TPSA) is 59.0 Å². The number of halogens is 2. The molecule has 3 heterocycles. The second-order valence-electron chi connectivity index (χ2n) is 6.97. The van der Waals surface area contributed by atoms with Gasteiger partial charge in [-0.25, -0.2) is 4.98 Å². The molecule has 2 aromatic heterocycles. The highest BCUT2D eigenvalue weighted by molar-refractivity contribution is 7.84. The molecule has 1 saturated heterocycles. The fourth-order valence-corrected chi connectivity index (χ4v) is 4.73. The van der Waals surface area contributed by atoms with E-state index in [9.17, 15) is 4.21 Å². The maximum Gasteiger partial charge on any atom is 0.147 e. The molecule has 150 valence electrons. The quantitative estimate of drug-likeness (QED) is 0.572. The Morgan fingerprint density at radius 2 is 1.76 bits per heavy atom. The summed E-state index contributed by atoms with van der Waals surface area (Å²) in [5.74, 6) is 0.797. The summed E-state index contributed by atoms with van der Waals surface area (Å²) < 4.78 is 11.8. The van der Waals surface area contributed by atoms with Gasteiger partial charge in [-0.15, -0.1) is 0 Å². The van der Waals surface area contributed by atoms with E-state index >= 15 is 0 Å². The van der Waals surface area contributed by atoms with Crippen LogP contribution in [0.15, 0.2) is 48.9 Å². The number of nitrogens with zero attached hydrogens (tertiary/aromatic N) is 4. The Morgan fingerprint density at radius 3 is 2.41 bits per heavy atom. The summed E-state index contributed by atoms with van der Waals surface area (Å²) in [6, 6.07) is 9.36. The molecule has 5 nitrogen and oxygen atoms in total. The van der Waals surface area contributed by atoms with E-state index in [0.29, 0.717) is 15.7 Å². The van der Waals surface area contributed by atoms with E-state index < -0.39 is 10.8 Å². The predicted octanol–water partition coefficient (Wildman–Crippen LogP) is 4.86. The molecule has 0 spiro atoms. The molecule has 1 unspecified atom stereocenters. The van der Waals surface area contributed by atoms with Crippen LogP contribution in [0, 0.1) is 0 Å². The molecule has 1 atom stereocenters. The smallest absolute Gasteiger partial charge is 0.147 e. The van der Waals surface area contributed by atoms with Gasteiger partial charge in [-0.05, 0) is 31.0 Å². The molecule has 0 N–H and O–H groups in total. The van der Waals surface area contributed by atoms with Crippen molar-refractivity contribution >= 4 is 39.8 Å². The van der Waals surface area contributed by atoms with Gasteiger partial charge in [0.25, 0.3) is 0 Å². The second-order valence-corrected chi connectivity index (χ2v) is 9.48. The van der Waals surface area contributed by atoms with Gasteiger partial charge in [0.05, 0.1) is 16.9 Å². The van der Waals surface area contributed by atoms with Crippen molar-refractivity contribution in [3.63, 3.8) is 0 Å². The highest BCUT2D eigenvalue weighted by atomic mass is 35.5. The SMILES string of the molecule is CS(=O)C1CCN(c2cnc(-c3ccc(Cl)cc3)c(-c3ccncc3Cl)n2)CC1. The Hall–Kier alpha value is -2.02. The maximum absolute atomic E-state index is 11.8. The highest BCUT2D eigenvalue weighted by Crippen LogP contribution is 2.35. The zero-order valence-corrected chi connectivity index (χ0v) is 18.2. The van der Waals surface area contributed by atoms with Crippen molar-refractivity contribution in [2.24, 2.45) is 0 Å². The monoisotopic (exact) mass is 446 g/mol. The summed E-state index contributed by atoms with van der Waals surface area (Å²) in [6.45, 7) is 1.62. The average molecular weight is 447 g/mol. The van der Waals surface area contributed by atoms with Gasteiger partial charge in [0.15, 0.2) is 0 Å². The Morgan fingerprint density at radius 1 is 1.03 bits per heavy atom. The van der Waals surface area contributed by atoms with Crippen molar-refractivity contribution in [1.29, 1.82) is 0 Å². The standard InChI is InChI=1S/C21H20Cl2N4OS/c1-29(28)16-7-10-27(11-8-16)19-13-25-20(14-2-4-15(22)5-3-14)21(26-19)17-6-9-24-12-18(17)23/h2-6,9,12-13,16H,7-8,10-11H2,1H3. The van der Waals surface area contributed by atoms with Crippen molar-refractivity contribution in [3.05, 3.63) is 59.0 Å². The van der Waals surface area contributed by atoms with Crippen LogP contribution in [0.2, 0.25) is 10.0 Å². The van der Waals surface area contributed by atoms with Crippen LogP contribution in [-0.2, 0) is 10.8 Å². The summed E-state index contributed by atoms with van der Waals surface area (Å²) in [4.78, 5) is 16.0. The molecule has 1 aliphatic rings. The van der Waals surface area contributed by atoms with Crippen LogP contribution in [0.25, 0.3) is 22.5 Å². The van der Waals surface area contributed by atoms with Gasteiger partial charge in [-0.3, -0.25) is 14.2 Å². The zero-order valence-electron chi connectivity index (χ0n) is 15.9. The van der Waals surface area contributed by atoms with Gasteiger partial charge in [0.1, 0.15) is 11.5 Å². The van der Waals surface area contributed by atoms with E-state index in [1.807, 2.05) is 30.3 Å². The minimum atomic E-state index is -0.789. The fourth-order valence-electron chi connectivity index (χ4n) is 3.52. The van der Waals surface area contributed by atoms with Crippen molar-refractivity contribution in [2.75, 3.05) is 24.2 Å². The van der Waals surface area contributed by atoms with Crippen LogP contribution < -0.4 is 4.90 Å². The lowest BCUT2D eigenvalue weighted by molar-refractivity contribution is 0.568. The number of hydrogen-bond acceptors (Lipinski definition) is 5. The fraction of sp³-hybridized carbons (Fsp3) is 0.286. The number of rotatable bonds is 4. The molecular formula is C21H20Cl2N4OS. The first-order valence-electron chi connectivity index (χ1n) is 9.33. The van der Waals surface area contributed by atoms with E-state index in [4.69, 9.17) is 33.2 Å². The minimum Gasteiger partial charge on any atom is -0.355 e. The molecule has 29 heavy (non-hydrogen) atoms. The third kappa shape index (κ3) is 4.44. The molecule has 8 heteroatoms. The molecule has 1 fully saturated rings. The van der Waals surface area contributed by atoms with Gasteiger partial charge in [-0.2, -0.15) is 0 Å². The average Bonchev–Trinajstić information content (AvgIpc) is 2.74. The first-order valence-corrected chi connectivity index (χ1v) is 11.7. The third-order valence-electron chi connectivity index (χ3n) is 5.14. The second kappa shape index (κ2) is 8.78. The number of piperidine rings is 1. The third-order valence-corrected chi connectivity index (χ3v) is 7.10. The van der Waals surface area contributed by atoms with E-state index in [1.54, 1.807) is 24.8 Å². The maximum atomic E-state index is 11.8. The highest BCUT2D eigenvalue weighted by Gasteiger charge is 2.24. The van der Waals surface area contributed by atoms with Crippen molar-refractivity contribution in [3.8, 4) is 22.5 Å². The summed E-state index contributed by atoms with van der Waals surface area (Å²) in [5, 5.41) is 1.44. The lowest BCUT2D eigenvalue weighted by Crippen LogP contribution is -2.38. The molecule has 3 aromatic rings. The van der Waals surface area contributed by atoms with Crippen LogP contribution in [0.1, 0.15) is 12.8 Å². The molecule has 0 radical (unpaired) electrons. The molecule has 4 rings (SSSR count). The van der Waals surface area contributed by atoms with Gasteiger partial charge < -0.3 is 4.90 Å². The van der Waals surface area contributed by atoms with Crippen LogP contribution >= 0.6 is 23.2 Å². The van der Waals surface area contributed by atoms with Crippen LogP contribution in [0.5, 0.6) is 0 Å². The molecule has 0 amide bonds. The molecule has 0 bridgehead atoms. The van der Waals surface area contributed by atoms with E-state index in [-0.39, 0.29) is 5.25 Å². The Kier molecular flexibility index (Phi) is 6.13. The molecule has 0 aliphatic carbocycles. The summed E-state index contributed by atoms with van der Waals surface area (Å²) >= 11 is 12.5. The first-order chi connectivity index (χ1) is 14.0. The van der Waals surface area contributed by atoms with E-state index in [1.165, 1.54) is 0 Å². The van der Waals surface area contributed by atoms with Crippen molar-refractivity contribution in [2.45, 2.75) is 18.1 Å². The Balaban J connectivity index is 1.75. The Bertz CT molecular complexity index is 1040. The Labute approximate surface area is 182 Å². The van der Waals surface area contributed by atoms with Gasteiger partial charge in [-0.1, -0.05) is 35.3 Å². The molecule has 1 aromatic carbocycles. The van der Waals surface area contributed by atoms with Crippen LogP contribution in [0.4, 0.5) is 5.82 Å². The first kappa shape index (κ1) is 20.3. The number of hydrogen-bond donors (Lipinski definition) is 0.